The second-order valence-electron chi connectivity index (χ2n) is 9.72. The molecule has 1 aromatic carbocycles. The average molecular weight is 540 g/mol. The first-order valence-electron chi connectivity index (χ1n) is 12.4. The predicted octanol–water partition coefficient (Wildman–Crippen LogP) is 3.26. The molecule has 2 atom stereocenters. The van der Waals surface area contributed by atoms with E-state index < -0.39 is 41.6 Å². The molecule has 0 fully saturated rings. The number of aromatic hydroxyl groups is 1. The van der Waals surface area contributed by atoms with Crippen LogP contribution in [-0.2, 0) is 23.9 Å². The smallest absolute Gasteiger partial charge is 0.408 e. The number of ether oxygens (including phenoxy) is 2. The number of esters is 1. The minimum atomic E-state index is -1.14. The largest absolute Gasteiger partial charge is 0.508 e. The Hall–Kier alpha value is -2.95. The molecule has 0 bridgehead atoms. The van der Waals surface area contributed by atoms with Crippen LogP contribution in [0, 0.1) is 6.92 Å². The number of carbonyl (C=O) groups is 4. The Kier molecular flexibility index (Phi) is 13.3. The summed E-state index contributed by atoms with van der Waals surface area (Å²) in [4.78, 5) is 52.7. The second kappa shape index (κ2) is 15.3. The number of hydrogen-bond donors (Lipinski definition) is 4. The maximum Gasteiger partial charge on any atom is 0.408 e. The lowest BCUT2D eigenvalue weighted by Crippen LogP contribution is -2.54. The highest BCUT2D eigenvalue weighted by Crippen LogP contribution is 2.27. The fourth-order valence-corrected chi connectivity index (χ4v) is 3.81. The van der Waals surface area contributed by atoms with Crippen LogP contribution in [0.15, 0.2) is 18.2 Å². The number of amides is 3. The fraction of sp³-hybridized carbons (Fsp3) is 0.615. The van der Waals surface area contributed by atoms with Gasteiger partial charge in [0.2, 0.25) is 11.8 Å². The van der Waals surface area contributed by atoms with Crippen molar-refractivity contribution in [1.82, 2.24) is 15.5 Å². The van der Waals surface area contributed by atoms with Crippen molar-refractivity contribution >= 4 is 36.5 Å². The summed E-state index contributed by atoms with van der Waals surface area (Å²) in [5.74, 6) is -1.77. The molecule has 0 aliphatic rings. The molecule has 37 heavy (non-hydrogen) atoms. The number of rotatable bonds is 13. The number of methoxy groups -OCH3 is 1. The monoisotopic (exact) mass is 539 g/mol. The number of aryl methyl sites for hydroxylation is 1. The molecule has 1 rings (SSSR count). The molecule has 10 nitrogen and oxygen atoms in total. The Bertz CT molecular complexity index is 933. The number of hydrogen-bond acceptors (Lipinski definition) is 8. The van der Waals surface area contributed by atoms with Gasteiger partial charge in [-0.3, -0.25) is 14.4 Å². The molecule has 0 saturated heterocycles. The van der Waals surface area contributed by atoms with Gasteiger partial charge in [-0.15, -0.1) is 0 Å². The van der Waals surface area contributed by atoms with Gasteiger partial charge in [-0.05, 0) is 57.4 Å². The van der Waals surface area contributed by atoms with Crippen molar-refractivity contribution in [3.05, 3.63) is 29.3 Å². The Morgan fingerprint density at radius 2 is 1.81 bits per heavy atom. The first-order valence-corrected chi connectivity index (χ1v) is 13.0. The normalized spacial score (nSPS) is 12.7. The van der Waals surface area contributed by atoms with Crippen molar-refractivity contribution in [2.75, 3.05) is 26.0 Å². The summed E-state index contributed by atoms with van der Waals surface area (Å²) < 4.78 is 9.92. The Morgan fingerprint density at radius 3 is 2.35 bits per heavy atom. The second-order valence-corrected chi connectivity index (χ2v) is 10.1. The fourth-order valence-electron chi connectivity index (χ4n) is 3.56. The van der Waals surface area contributed by atoms with Gasteiger partial charge >= 0.3 is 12.1 Å². The van der Waals surface area contributed by atoms with Crippen molar-refractivity contribution in [3.8, 4) is 5.75 Å². The lowest BCUT2D eigenvalue weighted by Gasteiger charge is -2.34. The van der Waals surface area contributed by atoms with Gasteiger partial charge in [-0.25, -0.2) is 4.79 Å². The van der Waals surface area contributed by atoms with Crippen LogP contribution in [0.25, 0.3) is 0 Å². The highest BCUT2D eigenvalue weighted by molar-refractivity contribution is 7.80. The van der Waals surface area contributed by atoms with E-state index in [0.717, 1.165) is 19.3 Å². The van der Waals surface area contributed by atoms with Gasteiger partial charge < -0.3 is 30.1 Å². The molecular weight excluding hydrogens is 498 g/mol. The van der Waals surface area contributed by atoms with Crippen LogP contribution in [0.5, 0.6) is 5.75 Å². The number of nitrogens with one attached hydrogen (secondary N) is 2. The van der Waals surface area contributed by atoms with Gasteiger partial charge in [0.05, 0.1) is 7.11 Å². The van der Waals surface area contributed by atoms with E-state index in [9.17, 15) is 24.3 Å². The summed E-state index contributed by atoms with van der Waals surface area (Å²) in [6, 6.07) is 2.40. The van der Waals surface area contributed by atoms with E-state index in [1.165, 1.54) is 18.1 Å². The molecule has 3 amide bonds. The van der Waals surface area contributed by atoms with E-state index in [1.54, 1.807) is 39.8 Å². The minimum absolute atomic E-state index is 0.0331. The maximum absolute atomic E-state index is 13.8. The summed E-state index contributed by atoms with van der Waals surface area (Å²) in [5.41, 5.74) is 0.185. The van der Waals surface area contributed by atoms with E-state index in [0.29, 0.717) is 17.5 Å². The molecule has 11 heteroatoms. The molecule has 0 heterocycles. The van der Waals surface area contributed by atoms with Gasteiger partial charge in [0, 0.05) is 12.3 Å². The minimum Gasteiger partial charge on any atom is -0.508 e. The van der Waals surface area contributed by atoms with Crippen LogP contribution in [0.3, 0.4) is 0 Å². The number of nitrogens with zero attached hydrogens (tertiary/aromatic N) is 1. The van der Waals surface area contributed by atoms with E-state index in [1.807, 2.05) is 0 Å². The molecule has 0 aliphatic heterocycles. The number of carbonyl (C=O) groups excluding carboxylic acids is 4. The highest BCUT2D eigenvalue weighted by atomic mass is 32.1. The molecule has 0 saturated carbocycles. The van der Waals surface area contributed by atoms with Crippen LogP contribution < -0.4 is 10.6 Å². The number of unbranched alkanes of at least 4 members (excludes halogenated alkanes) is 3. The molecule has 1 aromatic rings. The topological polar surface area (TPSA) is 134 Å². The van der Waals surface area contributed by atoms with Crippen molar-refractivity contribution in [3.63, 3.8) is 0 Å². The van der Waals surface area contributed by atoms with E-state index in [-0.39, 0.29) is 24.6 Å². The van der Waals surface area contributed by atoms with Crippen LogP contribution in [0.1, 0.15) is 70.5 Å². The predicted molar refractivity (Wildman–Crippen MR) is 143 cm³/mol. The SMILES string of the molecule is CCCCCCN(C(=O)C(CS)NC(=O)OC(C)(C)C)C(C(=O)NCC(=O)OC)c1ccc(O)c(C)c1. The van der Waals surface area contributed by atoms with Gasteiger partial charge in [0.25, 0.3) is 0 Å². The summed E-state index contributed by atoms with van der Waals surface area (Å²) in [6.45, 7) is 8.70. The summed E-state index contributed by atoms with van der Waals surface area (Å²) in [7, 11) is 1.21. The van der Waals surface area contributed by atoms with Crippen molar-refractivity contribution in [1.29, 1.82) is 0 Å². The average Bonchev–Trinajstić information content (AvgIpc) is 2.83. The van der Waals surface area contributed by atoms with Crippen LogP contribution in [0.4, 0.5) is 4.79 Å². The molecule has 3 N–H and O–H groups in total. The van der Waals surface area contributed by atoms with E-state index in [2.05, 4.69) is 34.9 Å². The van der Waals surface area contributed by atoms with Gasteiger partial charge in [-0.1, -0.05) is 32.3 Å². The molecule has 0 aromatic heterocycles. The Morgan fingerprint density at radius 1 is 1.14 bits per heavy atom. The number of benzene rings is 1. The third-order valence-electron chi connectivity index (χ3n) is 5.44. The van der Waals surface area contributed by atoms with Crippen molar-refractivity contribution in [2.24, 2.45) is 0 Å². The lowest BCUT2D eigenvalue weighted by molar-refractivity contribution is -0.144. The van der Waals surface area contributed by atoms with Crippen LogP contribution in [0.2, 0.25) is 0 Å². The number of phenols is 1. The molecule has 0 aliphatic carbocycles. The van der Waals surface area contributed by atoms with E-state index in [4.69, 9.17) is 4.74 Å². The number of phenolic OH excluding ortho intramolecular Hbond substituents is 1. The number of alkyl carbamates (subject to hydrolysis) is 1. The Balaban J connectivity index is 3.43. The Labute approximate surface area is 224 Å². The quantitative estimate of drug-likeness (QED) is 0.172. The first-order chi connectivity index (χ1) is 17.3. The molecule has 2 unspecified atom stereocenters. The molecular formula is C26H41N3O7S. The molecule has 0 spiro atoms. The third kappa shape index (κ3) is 10.9. The zero-order chi connectivity index (χ0) is 28.2. The summed E-state index contributed by atoms with van der Waals surface area (Å²) in [5, 5.41) is 15.1. The van der Waals surface area contributed by atoms with Crippen LogP contribution in [-0.4, -0.2) is 71.5 Å². The summed E-state index contributed by atoms with van der Waals surface area (Å²) >= 11 is 4.27. The first kappa shape index (κ1) is 32.1. The molecule has 0 radical (unpaired) electrons. The van der Waals surface area contributed by atoms with Crippen molar-refractivity contribution in [2.45, 2.75) is 78.0 Å². The maximum atomic E-state index is 13.8. The lowest BCUT2D eigenvalue weighted by atomic mass is 10.00. The third-order valence-corrected chi connectivity index (χ3v) is 5.80. The van der Waals surface area contributed by atoms with Crippen LogP contribution >= 0.6 is 12.6 Å². The van der Waals surface area contributed by atoms with Crippen molar-refractivity contribution < 1.29 is 33.8 Å². The van der Waals surface area contributed by atoms with E-state index >= 15 is 0 Å². The zero-order valence-electron chi connectivity index (χ0n) is 22.6. The van der Waals surface area contributed by atoms with Gasteiger partial charge in [-0.2, -0.15) is 12.6 Å². The van der Waals surface area contributed by atoms with Gasteiger partial charge in [0.15, 0.2) is 0 Å². The molecule has 208 valence electrons. The summed E-state index contributed by atoms with van der Waals surface area (Å²) in [6.07, 6.45) is 2.59. The number of thiol groups is 1. The zero-order valence-corrected chi connectivity index (χ0v) is 23.5. The highest BCUT2D eigenvalue weighted by Gasteiger charge is 2.36. The van der Waals surface area contributed by atoms with Gasteiger partial charge in [0.1, 0.15) is 30.0 Å². The standard InChI is InChI=1S/C26H41N3O7S/c1-7-8-9-10-13-29(24(33)19(16-37)28-25(34)36-26(3,4)5)22(23(32)27-15-21(31)35-6)18-11-12-20(30)17(2)14-18/h11-12,14,19,22,30,37H,7-10,13,15-16H2,1-6H3,(H,27,32)(H,28,34).